The summed E-state index contributed by atoms with van der Waals surface area (Å²) < 4.78 is 0. The van der Waals surface area contributed by atoms with Gasteiger partial charge >= 0.3 is 6.03 Å². The molecule has 0 spiro atoms. The number of urea groups is 1. The minimum absolute atomic E-state index is 0.164. The van der Waals surface area contributed by atoms with Crippen LogP contribution in [-0.2, 0) is 6.54 Å². The van der Waals surface area contributed by atoms with Crippen LogP contribution in [0.25, 0.3) is 0 Å². The molecule has 2 N–H and O–H groups in total. The Morgan fingerprint density at radius 3 is 2.35 bits per heavy atom. The molecule has 2 amide bonds. The number of benzene rings is 1. The number of piperazine rings is 1. The van der Waals surface area contributed by atoms with E-state index in [-0.39, 0.29) is 6.03 Å². The number of hydrogen-bond donors (Lipinski definition) is 2. The maximum absolute atomic E-state index is 12.1. The monoisotopic (exact) mass is 422 g/mol. The van der Waals surface area contributed by atoms with Gasteiger partial charge < -0.3 is 20.4 Å². The van der Waals surface area contributed by atoms with Crippen molar-refractivity contribution in [3.63, 3.8) is 0 Å². The average Bonchev–Trinajstić information content (AvgIpc) is 3.34. The number of aromatic nitrogens is 1. The molecule has 3 heterocycles. The van der Waals surface area contributed by atoms with E-state index < -0.39 is 0 Å². The van der Waals surface area contributed by atoms with E-state index in [0.29, 0.717) is 6.54 Å². The van der Waals surface area contributed by atoms with Gasteiger partial charge in [0.05, 0.1) is 11.9 Å². The second-order valence-electron chi connectivity index (χ2n) is 8.44. The molecule has 2 saturated heterocycles. The van der Waals surface area contributed by atoms with Gasteiger partial charge in [0.25, 0.3) is 0 Å². The third kappa shape index (κ3) is 6.67. The molecule has 1 aromatic heterocycles. The highest BCUT2D eigenvalue weighted by atomic mass is 16.2. The lowest BCUT2D eigenvalue weighted by Crippen LogP contribution is -2.46. The number of hydrogen-bond acceptors (Lipinski definition) is 5. The van der Waals surface area contributed by atoms with Crippen molar-refractivity contribution in [2.45, 2.75) is 25.8 Å². The Bertz CT molecular complexity index is 799. The van der Waals surface area contributed by atoms with E-state index in [1.165, 1.54) is 18.4 Å². The van der Waals surface area contributed by atoms with Crippen LogP contribution in [0, 0.1) is 0 Å². The molecule has 4 rings (SSSR count). The molecular weight excluding hydrogens is 388 g/mol. The fourth-order valence-electron chi connectivity index (χ4n) is 4.29. The van der Waals surface area contributed by atoms with Crippen LogP contribution in [-0.4, -0.2) is 73.2 Å². The van der Waals surface area contributed by atoms with Gasteiger partial charge in [-0.1, -0.05) is 30.3 Å². The maximum atomic E-state index is 12.1. The van der Waals surface area contributed by atoms with E-state index in [2.05, 4.69) is 60.6 Å². The molecule has 31 heavy (non-hydrogen) atoms. The first kappa shape index (κ1) is 21.6. The Morgan fingerprint density at radius 2 is 1.65 bits per heavy atom. The van der Waals surface area contributed by atoms with E-state index in [1.807, 2.05) is 12.1 Å². The van der Waals surface area contributed by atoms with Crippen LogP contribution >= 0.6 is 0 Å². The first-order valence-corrected chi connectivity index (χ1v) is 11.5. The summed E-state index contributed by atoms with van der Waals surface area (Å²) in [6, 6.07) is 14.4. The van der Waals surface area contributed by atoms with Crippen LogP contribution in [0.3, 0.4) is 0 Å². The first-order valence-electron chi connectivity index (χ1n) is 11.5. The molecule has 7 nitrogen and oxygen atoms in total. The van der Waals surface area contributed by atoms with Crippen molar-refractivity contribution in [2.24, 2.45) is 0 Å². The molecule has 166 valence electrons. The minimum Gasteiger partial charge on any atom is -0.357 e. The summed E-state index contributed by atoms with van der Waals surface area (Å²) in [6.07, 6.45) is 5.15. The van der Waals surface area contributed by atoms with Crippen molar-refractivity contribution >= 4 is 17.5 Å². The Balaban J connectivity index is 1.08. The molecule has 0 saturated carbocycles. The highest BCUT2D eigenvalue weighted by molar-refractivity contribution is 5.89. The zero-order valence-corrected chi connectivity index (χ0v) is 18.3. The number of carbonyl (C=O) groups is 1. The third-order valence-corrected chi connectivity index (χ3v) is 6.09. The van der Waals surface area contributed by atoms with E-state index in [1.54, 1.807) is 6.20 Å². The largest absolute Gasteiger partial charge is 0.357 e. The molecule has 0 aliphatic carbocycles. The third-order valence-electron chi connectivity index (χ3n) is 6.09. The summed E-state index contributed by atoms with van der Waals surface area (Å²) in [4.78, 5) is 23.9. The lowest BCUT2D eigenvalue weighted by molar-refractivity contribution is 0.126. The predicted octanol–water partition coefficient (Wildman–Crippen LogP) is 3.01. The lowest BCUT2D eigenvalue weighted by atomic mass is 10.2. The lowest BCUT2D eigenvalue weighted by Gasteiger charge is -2.34. The second-order valence-corrected chi connectivity index (χ2v) is 8.44. The van der Waals surface area contributed by atoms with Crippen molar-refractivity contribution in [1.29, 1.82) is 0 Å². The van der Waals surface area contributed by atoms with Crippen LogP contribution in [0.4, 0.5) is 16.3 Å². The van der Waals surface area contributed by atoms with E-state index >= 15 is 0 Å². The van der Waals surface area contributed by atoms with Gasteiger partial charge in [0.1, 0.15) is 5.82 Å². The SMILES string of the molecule is O=C(NCCCN1CCN(Cc2ccccc2)CC1)Nc1ccc(N2CCCC2)nc1. The van der Waals surface area contributed by atoms with Crippen molar-refractivity contribution < 1.29 is 4.79 Å². The highest BCUT2D eigenvalue weighted by Gasteiger charge is 2.16. The van der Waals surface area contributed by atoms with E-state index in [0.717, 1.165) is 70.3 Å². The number of rotatable bonds is 8. The highest BCUT2D eigenvalue weighted by Crippen LogP contribution is 2.19. The predicted molar refractivity (Wildman–Crippen MR) is 125 cm³/mol. The number of pyridine rings is 1. The van der Waals surface area contributed by atoms with Gasteiger partial charge in [-0.3, -0.25) is 4.90 Å². The molecule has 0 unspecified atom stereocenters. The van der Waals surface area contributed by atoms with Gasteiger partial charge in [-0.25, -0.2) is 9.78 Å². The summed E-state index contributed by atoms with van der Waals surface area (Å²) in [5.74, 6) is 0.993. The molecule has 0 atom stereocenters. The zero-order valence-electron chi connectivity index (χ0n) is 18.3. The van der Waals surface area contributed by atoms with Crippen LogP contribution in [0.2, 0.25) is 0 Å². The number of nitrogens with zero attached hydrogens (tertiary/aromatic N) is 4. The van der Waals surface area contributed by atoms with E-state index in [4.69, 9.17) is 0 Å². The van der Waals surface area contributed by atoms with Crippen LogP contribution in [0.1, 0.15) is 24.8 Å². The molecule has 0 bridgehead atoms. The Hall–Kier alpha value is -2.64. The maximum Gasteiger partial charge on any atom is 0.319 e. The quantitative estimate of drug-likeness (QED) is 0.641. The van der Waals surface area contributed by atoms with Gasteiger partial charge in [0, 0.05) is 52.4 Å². The second kappa shape index (κ2) is 11.1. The van der Waals surface area contributed by atoms with Crippen LogP contribution in [0.5, 0.6) is 0 Å². The molecule has 2 aliphatic rings. The Kier molecular flexibility index (Phi) is 7.74. The normalized spacial score (nSPS) is 17.6. The summed E-state index contributed by atoms with van der Waals surface area (Å²) in [6.45, 7) is 9.25. The van der Waals surface area contributed by atoms with Crippen LogP contribution < -0.4 is 15.5 Å². The van der Waals surface area contributed by atoms with Gasteiger partial charge in [-0.05, 0) is 43.5 Å². The topological polar surface area (TPSA) is 63.7 Å². The summed E-state index contributed by atoms with van der Waals surface area (Å²) in [5, 5.41) is 5.83. The fraction of sp³-hybridized carbons (Fsp3) is 0.500. The Morgan fingerprint density at radius 1 is 0.903 bits per heavy atom. The number of nitrogens with one attached hydrogen (secondary N) is 2. The van der Waals surface area contributed by atoms with Gasteiger partial charge in [-0.15, -0.1) is 0 Å². The number of anilines is 2. The summed E-state index contributed by atoms with van der Waals surface area (Å²) in [5.41, 5.74) is 2.11. The Labute approximate surface area is 185 Å². The number of amides is 2. The standard InChI is InChI=1S/C24H34N6O/c31-24(27-22-9-10-23(26-19-22)30-13-4-5-14-30)25-11-6-12-28-15-17-29(18-16-28)20-21-7-2-1-3-8-21/h1-3,7-10,19H,4-6,11-18,20H2,(H2,25,27,31). The summed E-state index contributed by atoms with van der Waals surface area (Å²) >= 11 is 0. The zero-order chi connectivity index (χ0) is 21.3. The van der Waals surface area contributed by atoms with Crippen molar-refractivity contribution in [3.05, 3.63) is 54.2 Å². The van der Waals surface area contributed by atoms with Gasteiger partial charge in [0.15, 0.2) is 0 Å². The smallest absolute Gasteiger partial charge is 0.319 e. The molecule has 7 heteroatoms. The minimum atomic E-state index is -0.164. The van der Waals surface area contributed by atoms with Crippen LogP contribution in [0.15, 0.2) is 48.7 Å². The molecule has 2 aromatic rings. The first-order chi connectivity index (χ1) is 15.3. The molecule has 2 aliphatic heterocycles. The van der Waals surface area contributed by atoms with Crippen molar-refractivity contribution in [3.8, 4) is 0 Å². The van der Waals surface area contributed by atoms with E-state index in [9.17, 15) is 4.79 Å². The van der Waals surface area contributed by atoms with Crippen molar-refractivity contribution in [2.75, 3.05) is 62.6 Å². The molecular formula is C24H34N6O. The molecule has 2 fully saturated rings. The van der Waals surface area contributed by atoms with Gasteiger partial charge in [-0.2, -0.15) is 0 Å². The van der Waals surface area contributed by atoms with Gasteiger partial charge in [0.2, 0.25) is 0 Å². The summed E-state index contributed by atoms with van der Waals surface area (Å²) in [7, 11) is 0. The fourth-order valence-corrected chi connectivity index (χ4v) is 4.29. The number of carbonyl (C=O) groups excluding carboxylic acids is 1. The molecule has 0 radical (unpaired) electrons. The van der Waals surface area contributed by atoms with Crippen molar-refractivity contribution in [1.82, 2.24) is 20.1 Å². The average molecular weight is 423 g/mol. The molecule has 1 aromatic carbocycles.